The highest BCUT2D eigenvalue weighted by Gasteiger charge is 2.04. The predicted molar refractivity (Wildman–Crippen MR) is 74.8 cm³/mol. The number of hydrogen-bond donors (Lipinski definition) is 2. The Morgan fingerprint density at radius 1 is 1.44 bits per heavy atom. The van der Waals surface area contributed by atoms with Crippen LogP contribution in [0.5, 0.6) is 0 Å². The third-order valence-corrected chi connectivity index (χ3v) is 2.52. The quantitative estimate of drug-likeness (QED) is 0.548. The first-order chi connectivity index (χ1) is 8.77. The lowest BCUT2D eigenvalue weighted by Crippen LogP contribution is -2.23. The Balaban J connectivity index is 2.41. The molecule has 4 nitrogen and oxygen atoms in total. The van der Waals surface area contributed by atoms with Crippen LogP contribution < -0.4 is 10.6 Å². The van der Waals surface area contributed by atoms with Crippen molar-refractivity contribution >= 4 is 11.7 Å². The van der Waals surface area contributed by atoms with Gasteiger partial charge in [-0.05, 0) is 18.6 Å². The van der Waals surface area contributed by atoms with Crippen LogP contribution in [0.25, 0.3) is 0 Å². The Hall–Kier alpha value is -1.84. The summed E-state index contributed by atoms with van der Waals surface area (Å²) in [7, 11) is 0. The maximum atomic E-state index is 11.6. The highest BCUT2D eigenvalue weighted by atomic mass is 16.1. The first-order valence-corrected chi connectivity index (χ1v) is 6.37. The van der Waals surface area contributed by atoms with Crippen molar-refractivity contribution < 1.29 is 4.79 Å². The van der Waals surface area contributed by atoms with Crippen molar-refractivity contribution in [2.75, 3.05) is 18.4 Å². The summed E-state index contributed by atoms with van der Waals surface area (Å²) in [5.74, 6) is 0.686. The van der Waals surface area contributed by atoms with Crippen molar-refractivity contribution in [3.8, 4) is 0 Å². The lowest BCUT2D eigenvalue weighted by molar-refractivity contribution is 0.0957. The molecule has 1 heterocycles. The minimum absolute atomic E-state index is 0.125. The van der Waals surface area contributed by atoms with Crippen LogP contribution in [0.4, 0.5) is 5.82 Å². The molecule has 0 bridgehead atoms. The van der Waals surface area contributed by atoms with Crippen molar-refractivity contribution in [2.45, 2.75) is 26.2 Å². The highest BCUT2D eigenvalue weighted by molar-refractivity contribution is 5.94. The van der Waals surface area contributed by atoms with Gasteiger partial charge in [0, 0.05) is 19.3 Å². The van der Waals surface area contributed by atoms with E-state index in [4.69, 9.17) is 0 Å². The molecule has 18 heavy (non-hydrogen) atoms. The fourth-order valence-corrected chi connectivity index (χ4v) is 1.49. The Labute approximate surface area is 109 Å². The molecule has 4 heteroatoms. The number of amides is 1. The van der Waals surface area contributed by atoms with Gasteiger partial charge in [-0.25, -0.2) is 4.98 Å². The Morgan fingerprint density at radius 3 is 2.89 bits per heavy atom. The summed E-state index contributed by atoms with van der Waals surface area (Å²) in [5.41, 5.74) is 0.566. The van der Waals surface area contributed by atoms with Gasteiger partial charge in [-0.3, -0.25) is 4.79 Å². The van der Waals surface area contributed by atoms with Gasteiger partial charge in [0.2, 0.25) is 0 Å². The van der Waals surface area contributed by atoms with Crippen LogP contribution in [0.15, 0.2) is 31.0 Å². The lowest BCUT2D eigenvalue weighted by Gasteiger charge is -2.06. The molecule has 1 amide bonds. The summed E-state index contributed by atoms with van der Waals surface area (Å²) >= 11 is 0. The zero-order valence-electron chi connectivity index (χ0n) is 10.9. The molecule has 0 aromatic carbocycles. The predicted octanol–water partition coefficient (Wildman–Crippen LogP) is 2.60. The number of carbonyl (C=O) groups is 1. The van der Waals surface area contributed by atoms with Gasteiger partial charge in [-0.2, -0.15) is 0 Å². The van der Waals surface area contributed by atoms with E-state index >= 15 is 0 Å². The van der Waals surface area contributed by atoms with E-state index in [2.05, 4.69) is 29.1 Å². The second-order valence-electron chi connectivity index (χ2n) is 4.06. The van der Waals surface area contributed by atoms with E-state index < -0.39 is 0 Å². The summed E-state index contributed by atoms with van der Waals surface area (Å²) in [6, 6.07) is 3.60. The van der Waals surface area contributed by atoms with E-state index in [1.807, 2.05) is 6.07 Å². The Bertz CT molecular complexity index is 373. The third-order valence-electron chi connectivity index (χ3n) is 2.52. The van der Waals surface area contributed by atoms with Gasteiger partial charge < -0.3 is 10.6 Å². The molecule has 0 fully saturated rings. The average Bonchev–Trinajstić information content (AvgIpc) is 2.41. The molecular weight excluding hydrogens is 226 g/mol. The van der Waals surface area contributed by atoms with E-state index in [0.717, 1.165) is 18.8 Å². The number of anilines is 1. The van der Waals surface area contributed by atoms with Gasteiger partial charge in [0.1, 0.15) is 5.82 Å². The van der Waals surface area contributed by atoms with E-state index in [9.17, 15) is 4.79 Å². The van der Waals surface area contributed by atoms with Crippen molar-refractivity contribution in [3.63, 3.8) is 0 Å². The smallest absolute Gasteiger partial charge is 0.253 e. The molecule has 0 aliphatic rings. The summed E-state index contributed by atoms with van der Waals surface area (Å²) in [6.45, 7) is 7.11. The largest absolute Gasteiger partial charge is 0.370 e. The Morgan fingerprint density at radius 2 is 2.28 bits per heavy atom. The van der Waals surface area contributed by atoms with E-state index in [1.165, 1.54) is 12.8 Å². The minimum Gasteiger partial charge on any atom is -0.370 e. The highest BCUT2D eigenvalue weighted by Crippen LogP contribution is 2.05. The monoisotopic (exact) mass is 247 g/mol. The lowest BCUT2D eigenvalue weighted by atomic mass is 10.2. The SMILES string of the molecule is C=CCNC(=O)c1ccc(NCCCCC)nc1. The van der Waals surface area contributed by atoms with Crippen LogP contribution in [0.2, 0.25) is 0 Å². The van der Waals surface area contributed by atoms with E-state index in [1.54, 1.807) is 18.3 Å². The van der Waals surface area contributed by atoms with Crippen LogP contribution in [0, 0.1) is 0 Å². The standard InChI is InChI=1S/C14H21N3O/c1-3-5-6-10-15-13-8-7-12(11-17-13)14(18)16-9-4-2/h4,7-8,11H,2-3,5-6,9-10H2,1H3,(H,15,17)(H,16,18). The van der Waals surface area contributed by atoms with Gasteiger partial charge in [-0.15, -0.1) is 6.58 Å². The molecular formula is C14H21N3O. The second-order valence-corrected chi connectivity index (χ2v) is 4.06. The van der Waals surface area contributed by atoms with Crippen LogP contribution in [-0.2, 0) is 0 Å². The molecule has 0 saturated heterocycles. The number of rotatable bonds is 8. The molecule has 0 spiro atoms. The van der Waals surface area contributed by atoms with E-state index in [0.29, 0.717) is 12.1 Å². The molecule has 0 unspecified atom stereocenters. The maximum absolute atomic E-state index is 11.6. The topological polar surface area (TPSA) is 54.0 Å². The molecule has 1 aromatic heterocycles. The Kier molecular flexibility index (Phi) is 6.54. The maximum Gasteiger partial charge on any atom is 0.253 e. The zero-order chi connectivity index (χ0) is 13.2. The molecule has 0 saturated carbocycles. The molecule has 1 aromatic rings. The van der Waals surface area contributed by atoms with Gasteiger partial charge in [0.05, 0.1) is 5.56 Å². The van der Waals surface area contributed by atoms with Crippen LogP contribution in [0.3, 0.4) is 0 Å². The zero-order valence-corrected chi connectivity index (χ0v) is 10.9. The number of pyridine rings is 1. The number of aromatic nitrogens is 1. The summed E-state index contributed by atoms with van der Waals surface area (Å²) < 4.78 is 0. The molecule has 0 aliphatic carbocycles. The molecule has 0 radical (unpaired) electrons. The number of carbonyl (C=O) groups excluding carboxylic acids is 1. The number of unbranched alkanes of at least 4 members (excludes halogenated alkanes) is 2. The first-order valence-electron chi connectivity index (χ1n) is 6.37. The van der Waals surface area contributed by atoms with Crippen molar-refractivity contribution in [1.29, 1.82) is 0 Å². The van der Waals surface area contributed by atoms with Crippen molar-refractivity contribution in [3.05, 3.63) is 36.5 Å². The molecule has 0 atom stereocenters. The number of nitrogens with one attached hydrogen (secondary N) is 2. The van der Waals surface area contributed by atoms with Crippen LogP contribution >= 0.6 is 0 Å². The van der Waals surface area contributed by atoms with Gasteiger partial charge >= 0.3 is 0 Å². The fraction of sp³-hybridized carbons (Fsp3) is 0.429. The molecule has 0 aliphatic heterocycles. The third kappa shape index (κ3) is 4.99. The van der Waals surface area contributed by atoms with Crippen LogP contribution in [0.1, 0.15) is 36.5 Å². The fourth-order valence-electron chi connectivity index (χ4n) is 1.49. The summed E-state index contributed by atoms with van der Waals surface area (Å²) in [4.78, 5) is 15.8. The summed E-state index contributed by atoms with van der Waals surface area (Å²) in [5, 5.41) is 5.94. The van der Waals surface area contributed by atoms with Gasteiger partial charge in [0.15, 0.2) is 0 Å². The van der Waals surface area contributed by atoms with Gasteiger partial charge in [0.25, 0.3) is 5.91 Å². The second kappa shape index (κ2) is 8.28. The molecule has 1 rings (SSSR count). The van der Waals surface area contributed by atoms with Crippen molar-refractivity contribution in [1.82, 2.24) is 10.3 Å². The normalized spacial score (nSPS) is 9.83. The minimum atomic E-state index is -0.125. The van der Waals surface area contributed by atoms with E-state index in [-0.39, 0.29) is 5.91 Å². The summed E-state index contributed by atoms with van der Waals surface area (Å²) in [6.07, 6.45) is 6.79. The first kappa shape index (κ1) is 14.2. The van der Waals surface area contributed by atoms with Crippen molar-refractivity contribution in [2.24, 2.45) is 0 Å². The molecule has 98 valence electrons. The van der Waals surface area contributed by atoms with Gasteiger partial charge in [-0.1, -0.05) is 25.8 Å². The number of nitrogens with zero attached hydrogens (tertiary/aromatic N) is 1. The van der Waals surface area contributed by atoms with Crippen LogP contribution in [-0.4, -0.2) is 24.0 Å². The number of hydrogen-bond acceptors (Lipinski definition) is 3. The average molecular weight is 247 g/mol. The molecule has 2 N–H and O–H groups in total.